The topological polar surface area (TPSA) is 44.9 Å². The van der Waals surface area contributed by atoms with Gasteiger partial charge in [0.1, 0.15) is 5.69 Å². The molecule has 24 heavy (non-hydrogen) atoms. The van der Waals surface area contributed by atoms with Gasteiger partial charge in [0.05, 0.1) is 0 Å². The van der Waals surface area contributed by atoms with Crippen LogP contribution >= 0.6 is 0 Å². The highest BCUT2D eigenvalue weighted by Crippen LogP contribution is 2.27. The van der Waals surface area contributed by atoms with E-state index < -0.39 is 0 Å². The Morgan fingerprint density at radius 3 is 2.67 bits per heavy atom. The van der Waals surface area contributed by atoms with Crippen molar-refractivity contribution in [3.63, 3.8) is 0 Å². The number of hydrogen-bond donors (Lipinski definition) is 2. The van der Waals surface area contributed by atoms with E-state index in [4.69, 9.17) is 0 Å². The molecule has 1 atom stereocenters. The summed E-state index contributed by atoms with van der Waals surface area (Å²) in [7, 11) is 0. The van der Waals surface area contributed by atoms with Crippen molar-refractivity contribution in [3.05, 3.63) is 64.8 Å². The fourth-order valence-corrected chi connectivity index (χ4v) is 3.17. The second-order valence-corrected chi connectivity index (χ2v) is 6.58. The first kappa shape index (κ1) is 16.3. The van der Waals surface area contributed by atoms with Crippen LogP contribution in [0, 0.1) is 13.8 Å². The van der Waals surface area contributed by atoms with E-state index in [2.05, 4.69) is 56.2 Å². The van der Waals surface area contributed by atoms with E-state index in [1.54, 1.807) is 0 Å². The van der Waals surface area contributed by atoms with Gasteiger partial charge in [-0.15, -0.1) is 0 Å². The average molecular weight is 320 g/mol. The zero-order chi connectivity index (χ0) is 17.3. The largest absolute Gasteiger partial charge is 0.351 e. The lowest BCUT2D eigenvalue weighted by Crippen LogP contribution is -2.14. The molecular formula is C21H24N2O. The second-order valence-electron chi connectivity index (χ2n) is 6.58. The Labute approximate surface area is 143 Å². The molecule has 0 saturated carbocycles. The Morgan fingerprint density at radius 1 is 1.17 bits per heavy atom. The summed E-state index contributed by atoms with van der Waals surface area (Å²) in [4.78, 5) is 15.9. The third-order valence-corrected chi connectivity index (χ3v) is 4.69. The van der Waals surface area contributed by atoms with Crippen molar-refractivity contribution in [2.24, 2.45) is 0 Å². The lowest BCUT2D eigenvalue weighted by molar-refractivity contribution is 0.102. The molecule has 0 spiro atoms. The van der Waals surface area contributed by atoms with E-state index in [0.717, 1.165) is 23.0 Å². The molecule has 3 heteroatoms. The first-order valence-corrected chi connectivity index (χ1v) is 8.49. The highest BCUT2D eigenvalue weighted by Gasteiger charge is 2.14. The number of rotatable bonds is 4. The number of anilines is 1. The van der Waals surface area contributed by atoms with Crippen molar-refractivity contribution in [1.82, 2.24) is 4.98 Å². The number of aromatic nitrogens is 1. The molecule has 0 aliphatic carbocycles. The van der Waals surface area contributed by atoms with Gasteiger partial charge in [-0.25, -0.2) is 0 Å². The van der Waals surface area contributed by atoms with Crippen molar-refractivity contribution >= 4 is 22.5 Å². The molecule has 1 amide bonds. The first-order valence-electron chi connectivity index (χ1n) is 8.49. The van der Waals surface area contributed by atoms with E-state index in [0.29, 0.717) is 11.6 Å². The zero-order valence-corrected chi connectivity index (χ0v) is 14.7. The van der Waals surface area contributed by atoms with Crippen LogP contribution < -0.4 is 5.32 Å². The lowest BCUT2D eigenvalue weighted by atomic mass is 9.97. The number of carbonyl (C=O) groups excluding carboxylic acids is 1. The van der Waals surface area contributed by atoms with Crippen molar-refractivity contribution in [2.75, 3.05) is 5.32 Å². The van der Waals surface area contributed by atoms with Crippen LogP contribution in [0.4, 0.5) is 5.69 Å². The predicted molar refractivity (Wildman–Crippen MR) is 101 cm³/mol. The average Bonchev–Trinajstić information content (AvgIpc) is 2.99. The van der Waals surface area contributed by atoms with Gasteiger partial charge in [-0.2, -0.15) is 0 Å². The summed E-state index contributed by atoms with van der Waals surface area (Å²) in [6, 6.07) is 14.2. The van der Waals surface area contributed by atoms with Crippen molar-refractivity contribution in [3.8, 4) is 0 Å². The van der Waals surface area contributed by atoms with Gasteiger partial charge in [0.15, 0.2) is 0 Å². The molecule has 0 aliphatic heterocycles. The maximum absolute atomic E-state index is 12.7. The number of carbonyl (C=O) groups is 1. The lowest BCUT2D eigenvalue weighted by Gasteiger charge is -2.15. The molecule has 0 aliphatic rings. The number of hydrogen-bond acceptors (Lipinski definition) is 1. The number of nitrogens with one attached hydrogen (secondary N) is 2. The van der Waals surface area contributed by atoms with E-state index >= 15 is 0 Å². The minimum atomic E-state index is -0.0981. The molecule has 124 valence electrons. The monoisotopic (exact) mass is 320 g/mol. The minimum absolute atomic E-state index is 0.0981. The van der Waals surface area contributed by atoms with Crippen LogP contribution in [0.25, 0.3) is 10.9 Å². The van der Waals surface area contributed by atoms with E-state index in [-0.39, 0.29) is 5.91 Å². The third kappa shape index (κ3) is 3.07. The molecule has 3 aromatic rings. The van der Waals surface area contributed by atoms with Gasteiger partial charge in [0.25, 0.3) is 5.91 Å². The van der Waals surface area contributed by atoms with Crippen LogP contribution in [0.3, 0.4) is 0 Å². The molecule has 0 unspecified atom stereocenters. The second kappa shape index (κ2) is 6.52. The molecule has 0 fully saturated rings. The van der Waals surface area contributed by atoms with Gasteiger partial charge in [0, 0.05) is 16.6 Å². The molecule has 3 rings (SSSR count). The number of aromatic amines is 1. The summed E-state index contributed by atoms with van der Waals surface area (Å²) in [6.07, 6.45) is 1.04. The van der Waals surface area contributed by atoms with Crippen LogP contribution in [-0.4, -0.2) is 10.9 Å². The predicted octanol–water partition coefficient (Wildman–Crippen LogP) is 5.55. The first-order chi connectivity index (χ1) is 11.5. The molecule has 0 saturated heterocycles. The summed E-state index contributed by atoms with van der Waals surface area (Å²) in [5.74, 6) is 0.313. The van der Waals surface area contributed by atoms with Crippen LogP contribution in [0.1, 0.15) is 53.4 Å². The van der Waals surface area contributed by atoms with Crippen LogP contribution in [0.2, 0.25) is 0 Å². The fraction of sp³-hybridized carbons (Fsp3) is 0.286. The van der Waals surface area contributed by atoms with Crippen LogP contribution in [0.5, 0.6) is 0 Å². The molecule has 1 aromatic heterocycles. The Morgan fingerprint density at radius 2 is 1.92 bits per heavy atom. The summed E-state index contributed by atoms with van der Waals surface area (Å²) in [6.45, 7) is 8.48. The van der Waals surface area contributed by atoms with Crippen molar-refractivity contribution in [2.45, 2.75) is 40.0 Å². The third-order valence-electron chi connectivity index (χ3n) is 4.69. The highest BCUT2D eigenvalue weighted by atomic mass is 16.1. The standard InChI is InChI=1S/C21H24N2O/c1-5-14(3)16-8-6-7-9-18(16)23-21(24)20-12-17-15(4)10-13(2)11-19(17)22-20/h6-12,14,22H,5H2,1-4H3,(H,23,24)/t14-/m0/s1. The van der Waals surface area contributed by atoms with Crippen molar-refractivity contribution < 1.29 is 4.79 Å². The zero-order valence-electron chi connectivity index (χ0n) is 14.7. The number of para-hydroxylation sites is 1. The summed E-state index contributed by atoms with van der Waals surface area (Å²) >= 11 is 0. The minimum Gasteiger partial charge on any atom is -0.351 e. The van der Waals surface area contributed by atoms with Gasteiger partial charge in [0.2, 0.25) is 0 Å². The Bertz CT molecular complexity index is 892. The molecule has 1 heterocycles. The number of H-pyrrole nitrogens is 1. The van der Waals surface area contributed by atoms with Gasteiger partial charge < -0.3 is 10.3 Å². The maximum Gasteiger partial charge on any atom is 0.272 e. The number of fused-ring (bicyclic) bond motifs is 1. The Balaban J connectivity index is 1.92. The summed E-state index contributed by atoms with van der Waals surface area (Å²) in [5, 5.41) is 4.17. The molecule has 2 aromatic carbocycles. The summed E-state index contributed by atoms with van der Waals surface area (Å²) < 4.78 is 0. The van der Waals surface area contributed by atoms with Gasteiger partial charge in [-0.05, 0) is 61.1 Å². The smallest absolute Gasteiger partial charge is 0.272 e. The normalized spacial score (nSPS) is 12.3. The highest BCUT2D eigenvalue weighted by molar-refractivity contribution is 6.06. The van der Waals surface area contributed by atoms with Gasteiger partial charge in [-0.3, -0.25) is 4.79 Å². The molecule has 0 radical (unpaired) electrons. The SMILES string of the molecule is CC[C@H](C)c1ccccc1NC(=O)c1cc2c(C)cc(C)cc2[nH]1. The van der Waals surface area contributed by atoms with Gasteiger partial charge in [-0.1, -0.05) is 38.1 Å². The molecule has 2 N–H and O–H groups in total. The van der Waals surface area contributed by atoms with Gasteiger partial charge >= 0.3 is 0 Å². The number of aryl methyl sites for hydroxylation is 2. The molecular weight excluding hydrogens is 296 g/mol. The Hall–Kier alpha value is -2.55. The maximum atomic E-state index is 12.7. The molecule has 3 nitrogen and oxygen atoms in total. The number of benzene rings is 2. The van der Waals surface area contributed by atoms with Crippen molar-refractivity contribution in [1.29, 1.82) is 0 Å². The fourth-order valence-electron chi connectivity index (χ4n) is 3.17. The van der Waals surface area contributed by atoms with Crippen LogP contribution in [-0.2, 0) is 0 Å². The molecule has 0 bridgehead atoms. The van der Waals surface area contributed by atoms with E-state index in [1.165, 1.54) is 16.7 Å². The van der Waals surface area contributed by atoms with Crippen LogP contribution in [0.15, 0.2) is 42.5 Å². The quantitative estimate of drug-likeness (QED) is 0.650. The Kier molecular flexibility index (Phi) is 4.43. The number of amides is 1. The van der Waals surface area contributed by atoms with E-state index in [1.807, 2.05) is 24.3 Å². The summed E-state index contributed by atoms with van der Waals surface area (Å²) in [5.41, 5.74) is 6.04. The van der Waals surface area contributed by atoms with E-state index in [9.17, 15) is 4.79 Å².